The van der Waals surface area contributed by atoms with Crippen LogP contribution in [0.2, 0.25) is 0 Å². The molecule has 0 aliphatic rings. The molecule has 0 radical (unpaired) electrons. The number of hydrogen-bond acceptors (Lipinski definition) is 3. The van der Waals surface area contributed by atoms with Crippen LogP contribution in [0.15, 0.2) is 12.7 Å². The van der Waals surface area contributed by atoms with Crippen LogP contribution in [0.4, 0.5) is 0 Å². The quantitative estimate of drug-likeness (QED) is 0.476. The van der Waals surface area contributed by atoms with Crippen molar-refractivity contribution < 1.29 is 19.4 Å². The predicted octanol–water partition coefficient (Wildman–Crippen LogP) is 0.414. The number of ether oxygens (including phenoxy) is 1. The normalized spacial score (nSPS) is 12.2. The molecule has 86 valence electrons. The molecule has 0 bridgehead atoms. The van der Waals surface area contributed by atoms with Crippen molar-refractivity contribution in [1.29, 1.82) is 0 Å². The molecular weight excluding hydrogens is 198 g/mol. The lowest BCUT2D eigenvalue weighted by Gasteiger charge is -2.15. The van der Waals surface area contributed by atoms with Crippen LogP contribution in [-0.2, 0) is 14.3 Å². The van der Waals surface area contributed by atoms with Crippen LogP contribution < -0.4 is 5.32 Å². The zero-order valence-corrected chi connectivity index (χ0v) is 9.03. The van der Waals surface area contributed by atoms with Gasteiger partial charge in [-0.2, -0.15) is 0 Å². The number of hydrogen-bond donors (Lipinski definition) is 2. The van der Waals surface area contributed by atoms with E-state index >= 15 is 0 Å². The topological polar surface area (TPSA) is 75.6 Å². The van der Waals surface area contributed by atoms with E-state index in [1.165, 1.54) is 6.08 Å². The Bertz CT molecular complexity index is 238. The number of carbonyl (C=O) groups excluding carboxylic acids is 1. The largest absolute Gasteiger partial charge is 0.480 e. The van der Waals surface area contributed by atoms with Crippen molar-refractivity contribution in [2.75, 3.05) is 13.2 Å². The highest BCUT2D eigenvalue weighted by molar-refractivity contribution is 5.84. The predicted molar refractivity (Wildman–Crippen MR) is 55.4 cm³/mol. The first kappa shape index (κ1) is 13.6. The van der Waals surface area contributed by atoms with E-state index in [-0.39, 0.29) is 25.0 Å². The molecule has 0 saturated heterocycles. The fourth-order valence-corrected chi connectivity index (χ4v) is 0.782. The average molecular weight is 215 g/mol. The van der Waals surface area contributed by atoms with Crippen molar-refractivity contribution in [3.63, 3.8) is 0 Å². The van der Waals surface area contributed by atoms with Crippen molar-refractivity contribution in [3.8, 4) is 0 Å². The van der Waals surface area contributed by atoms with Crippen LogP contribution >= 0.6 is 0 Å². The van der Waals surface area contributed by atoms with E-state index in [1.807, 2.05) is 0 Å². The first-order valence-corrected chi connectivity index (χ1v) is 4.70. The van der Waals surface area contributed by atoms with Gasteiger partial charge in [0.05, 0.1) is 13.2 Å². The van der Waals surface area contributed by atoms with Crippen molar-refractivity contribution in [2.45, 2.75) is 19.9 Å². The second-order valence-corrected chi connectivity index (χ2v) is 3.38. The molecule has 0 aliphatic carbocycles. The van der Waals surface area contributed by atoms with Gasteiger partial charge in [0.15, 0.2) is 6.04 Å². The Hall–Kier alpha value is -1.36. The molecule has 5 nitrogen and oxygen atoms in total. The van der Waals surface area contributed by atoms with Gasteiger partial charge < -0.3 is 15.2 Å². The summed E-state index contributed by atoms with van der Waals surface area (Å²) in [7, 11) is 0. The van der Waals surface area contributed by atoms with Crippen molar-refractivity contribution >= 4 is 11.9 Å². The molecule has 0 spiro atoms. The van der Waals surface area contributed by atoms with Gasteiger partial charge in [-0.3, -0.25) is 4.79 Å². The minimum atomic E-state index is -1.10. The highest BCUT2D eigenvalue weighted by Gasteiger charge is 2.21. The third-order valence-corrected chi connectivity index (χ3v) is 1.66. The highest BCUT2D eigenvalue weighted by atomic mass is 16.5. The molecule has 0 aromatic rings. The summed E-state index contributed by atoms with van der Waals surface area (Å²) in [6.07, 6.45) is 1.52. The SMILES string of the molecule is C=CCOCC(NC(=O)C(C)C)C(=O)O. The van der Waals surface area contributed by atoms with Crippen molar-refractivity contribution in [1.82, 2.24) is 5.32 Å². The van der Waals surface area contributed by atoms with Crippen LogP contribution in [-0.4, -0.2) is 36.2 Å². The number of aliphatic carboxylic acids is 1. The lowest BCUT2D eigenvalue weighted by molar-refractivity contribution is -0.144. The molecule has 0 saturated carbocycles. The Morgan fingerprint density at radius 2 is 2.13 bits per heavy atom. The molecule has 0 fully saturated rings. The summed E-state index contributed by atoms with van der Waals surface area (Å²) in [5.41, 5.74) is 0. The van der Waals surface area contributed by atoms with E-state index in [1.54, 1.807) is 13.8 Å². The van der Waals surface area contributed by atoms with Gasteiger partial charge in [0.2, 0.25) is 5.91 Å². The summed E-state index contributed by atoms with van der Waals surface area (Å²) in [4.78, 5) is 22.0. The molecule has 0 rings (SSSR count). The fraction of sp³-hybridized carbons (Fsp3) is 0.600. The first-order valence-electron chi connectivity index (χ1n) is 4.70. The van der Waals surface area contributed by atoms with Crippen LogP contribution in [0, 0.1) is 5.92 Å². The van der Waals surface area contributed by atoms with Gasteiger partial charge in [-0.1, -0.05) is 19.9 Å². The second kappa shape index (κ2) is 7.00. The molecule has 1 amide bonds. The maximum atomic E-state index is 11.2. The fourth-order valence-electron chi connectivity index (χ4n) is 0.782. The van der Waals surface area contributed by atoms with Crippen LogP contribution in [0.25, 0.3) is 0 Å². The summed E-state index contributed by atoms with van der Waals surface area (Å²) in [6.45, 7) is 7.03. The standard InChI is InChI=1S/C10H17NO4/c1-4-5-15-6-8(10(13)14)11-9(12)7(2)3/h4,7-8H,1,5-6H2,2-3H3,(H,11,12)(H,13,14). The lowest BCUT2D eigenvalue weighted by Crippen LogP contribution is -2.45. The third-order valence-electron chi connectivity index (χ3n) is 1.66. The molecule has 15 heavy (non-hydrogen) atoms. The molecule has 1 atom stereocenters. The molecule has 1 unspecified atom stereocenters. The number of nitrogens with one attached hydrogen (secondary N) is 1. The van der Waals surface area contributed by atoms with Crippen molar-refractivity contribution in [3.05, 3.63) is 12.7 Å². The number of carbonyl (C=O) groups is 2. The van der Waals surface area contributed by atoms with Gasteiger partial charge in [0.1, 0.15) is 0 Å². The maximum absolute atomic E-state index is 11.2. The summed E-state index contributed by atoms with van der Waals surface area (Å²) in [5.74, 6) is -1.65. The van der Waals surface area contributed by atoms with Gasteiger partial charge in [-0.15, -0.1) is 6.58 Å². The zero-order chi connectivity index (χ0) is 11.8. The molecule has 0 aliphatic heterocycles. The summed E-state index contributed by atoms with van der Waals surface area (Å²) < 4.78 is 4.97. The second-order valence-electron chi connectivity index (χ2n) is 3.38. The number of rotatable bonds is 7. The van der Waals surface area contributed by atoms with Gasteiger partial charge in [-0.25, -0.2) is 4.79 Å². The van der Waals surface area contributed by atoms with Crippen LogP contribution in [0.1, 0.15) is 13.8 Å². The highest BCUT2D eigenvalue weighted by Crippen LogP contribution is 1.94. The third kappa shape index (κ3) is 5.85. The molecule has 0 heterocycles. The monoisotopic (exact) mass is 215 g/mol. The Kier molecular flexibility index (Phi) is 6.37. The summed E-state index contributed by atoms with van der Waals surface area (Å²) >= 11 is 0. The molecule has 5 heteroatoms. The zero-order valence-electron chi connectivity index (χ0n) is 9.03. The van der Waals surface area contributed by atoms with Crippen molar-refractivity contribution in [2.24, 2.45) is 5.92 Å². The minimum absolute atomic E-state index is 0.0557. The number of carboxylic acids is 1. The molecular formula is C10H17NO4. The van der Waals surface area contributed by atoms with Crippen LogP contribution in [0.5, 0.6) is 0 Å². The average Bonchev–Trinajstić information content (AvgIpc) is 2.15. The Labute approximate surface area is 89.1 Å². The Balaban J connectivity index is 4.10. The van der Waals surface area contributed by atoms with Gasteiger partial charge in [-0.05, 0) is 0 Å². The van der Waals surface area contributed by atoms with E-state index in [0.29, 0.717) is 0 Å². The minimum Gasteiger partial charge on any atom is -0.480 e. The molecule has 0 aromatic carbocycles. The molecule has 0 aromatic heterocycles. The summed E-state index contributed by atoms with van der Waals surface area (Å²) in [5, 5.41) is 11.2. The van der Waals surface area contributed by atoms with E-state index in [4.69, 9.17) is 9.84 Å². The van der Waals surface area contributed by atoms with E-state index in [2.05, 4.69) is 11.9 Å². The number of carboxylic acid groups (broad SMARTS) is 1. The molecule has 2 N–H and O–H groups in total. The van der Waals surface area contributed by atoms with Gasteiger partial charge in [0, 0.05) is 5.92 Å². The summed E-state index contributed by atoms with van der Waals surface area (Å²) in [6, 6.07) is -1.00. The lowest BCUT2D eigenvalue weighted by atomic mass is 10.2. The van der Waals surface area contributed by atoms with E-state index in [0.717, 1.165) is 0 Å². The van der Waals surface area contributed by atoms with Gasteiger partial charge in [0.25, 0.3) is 0 Å². The smallest absolute Gasteiger partial charge is 0.328 e. The maximum Gasteiger partial charge on any atom is 0.328 e. The van der Waals surface area contributed by atoms with Crippen LogP contribution in [0.3, 0.4) is 0 Å². The van der Waals surface area contributed by atoms with E-state index in [9.17, 15) is 9.59 Å². The number of amides is 1. The Morgan fingerprint density at radius 1 is 1.53 bits per heavy atom. The van der Waals surface area contributed by atoms with Gasteiger partial charge >= 0.3 is 5.97 Å². The van der Waals surface area contributed by atoms with E-state index < -0.39 is 12.0 Å². The Morgan fingerprint density at radius 3 is 2.53 bits per heavy atom. The first-order chi connectivity index (χ1) is 6.99.